The standard InChI is InChI=1S/C17H21NOS/c19-17(9-3-4-13(10-17)12-7-8-12)11-16-18-14-5-1-2-6-15(14)20-16/h1-2,5-6,12-13,19H,3-4,7-11H2. The highest BCUT2D eigenvalue weighted by Gasteiger charge is 2.41. The molecule has 3 heteroatoms. The lowest BCUT2D eigenvalue weighted by Crippen LogP contribution is -2.38. The Morgan fingerprint density at radius 3 is 2.85 bits per heavy atom. The Labute approximate surface area is 123 Å². The minimum atomic E-state index is -0.501. The number of benzene rings is 1. The summed E-state index contributed by atoms with van der Waals surface area (Å²) in [5.41, 5.74) is 0.574. The number of nitrogens with zero attached hydrogens (tertiary/aromatic N) is 1. The molecule has 2 aliphatic rings. The summed E-state index contributed by atoms with van der Waals surface area (Å²) in [4.78, 5) is 4.70. The van der Waals surface area contributed by atoms with E-state index in [9.17, 15) is 5.11 Å². The first-order chi connectivity index (χ1) is 9.72. The van der Waals surface area contributed by atoms with Crippen LogP contribution >= 0.6 is 11.3 Å². The summed E-state index contributed by atoms with van der Waals surface area (Å²) < 4.78 is 1.24. The van der Waals surface area contributed by atoms with Crippen LogP contribution in [0.5, 0.6) is 0 Å². The van der Waals surface area contributed by atoms with Gasteiger partial charge in [-0.15, -0.1) is 11.3 Å². The van der Waals surface area contributed by atoms with Gasteiger partial charge < -0.3 is 5.11 Å². The van der Waals surface area contributed by atoms with Crippen molar-refractivity contribution in [1.29, 1.82) is 0 Å². The summed E-state index contributed by atoms with van der Waals surface area (Å²) in [7, 11) is 0. The average molecular weight is 287 g/mol. The number of rotatable bonds is 3. The van der Waals surface area contributed by atoms with Crippen LogP contribution in [0.1, 0.15) is 43.5 Å². The predicted molar refractivity (Wildman–Crippen MR) is 83.0 cm³/mol. The van der Waals surface area contributed by atoms with E-state index in [1.165, 1.54) is 30.4 Å². The second-order valence-electron chi connectivity index (χ2n) is 6.67. The molecule has 2 atom stereocenters. The SMILES string of the molecule is OC1(Cc2nc3ccccc3s2)CCCC(C2CC2)C1. The molecule has 2 aromatic rings. The number of hydrogen-bond donors (Lipinski definition) is 1. The molecule has 0 bridgehead atoms. The first-order valence-corrected chi connectivity index (χ1v) is 8.60. The van der Waals surface area contributed by atoms with Gasteiger partial charge in [0.25, 0.3) is 0 Å². The van der Waals surface area contributed by atoms with E-state index in [1.807, 2.05) is 6.07 Å². The topological polar surface area (TPSA) is 33.1 Å². The van der Waals surface area contributed by atoms with Gasteiger partial charge in [0.05, 0.1) is 20.8 Å². The summed E-state index contributed by atoms with van der Waals surface area (Å²) in [5, 5.41) is 12.1. The molecule has 106 valence electrons. The van der Waals surface area contributed by atoms with Crippen LogP contribution in [0.3, 0.4) is 0 Å². The Bertz CT molecular complexity index is 585. The molecule has 2 saturated carbocycles. The van der Waals surface area contributed by atoms with Gasteiger partial charge in [-0.1, -0.05) is 18.6 Å². The summed E-state index contributed by atoms with van der Waals surface area (Å²) in [5.74, 6) is 1.68. The Hall–Kier alpha value is -0.930. The van der Waals surface area contributed by atoms with E-state index < -0.39 is 5.60 Å². The Morgan fingerprint density at radius 1 is 1.20 bits per heavy atom. The molecule has 0 amide bonds. The molecule has 2 nitrogen and oxygen atoms in total. The molecular weight excluding hydrogens is 266 g/mol. The lowest BCUT2D eigenvalue weighted by atomic mass is 9.74. The van der Waals surface area contributed by atoms with Crippen LogP contribution in [-0.2, 0) is 6.42 Å². The fraction of sp³-hybridized carbons (Fsp3) is 0.588. The van der Waals surface area contributed by atoms with Crippen LogP contribution in [0.2, 0.25) is 0 Å². The lowest BCUT2D eigenvalue weighted by Gasteiger charge is -2.36. The zero-order valence-corrected chi connectivity index (χ0v) is 12.5. The minimum absolute atomic E-state index is 0.501. The average Bonchev–Trinajstić information content (AvgIpc) is 3.19. The summed E-state index contributed by atoms with van der Waals surface area (Å²) in [6.45, 7) is 0. The van der Waals surface area contributed by atoms with Crippen molar-refractivity contribution in [1.82, 2.24) is 4.98 Å². The summed E-state index contributed by atoms with van der Waals surface area (Å²) in [6.07, 6.45) is 7.98. The summed E-state index contributed by atoms with van der Waals surface area (Å²) >= 11 is 1.74. The van der Waals surface area contributed by atoms with Crippen LogP contribution in [-0.4, -0.2) is 15.7 Å². The summed E-state index contributed by atoms with van der Waals surface area (Å²) in [6, 6.07) is 8.27. The van der Waals surface area contributed by atoms with Gasteiger partial charge in [-0.3, -0.25) is 0 Å². The molecule has 1 N–H and O–H groups in total. The van der Waals surface area contributed by atoms with Gasteiger partial charge in [0.2, 0.25) is 0 Å². The van der Waals surface area contributed by atoms with E-state index in [0.717, 1.165) is 41.6 Å². The monoisotopic (exact) mass is 287 g/mol. The van der Waals surface area contributed by atoms with Crippen molar-refractivity contribution in [2.45, 2.75) is 50.5 Å². The highest BCUT2D eigenvalue weighted by molar-refractivity contribution is 7.18. The molecular formula is C17H21NOS. The first-order valence-electron chi connectivity index (χ1n) is 7.79. The van der Waals surface area contributed by atoms with Crippen LogP contribution in [0.4, 0.5) is 0 Å². The van der Waals surface area contributed by atoms with E-state index in [4.69, 9.17) is 4.98 Å². The third-order valence-electron chi connectivity index (χ3n) is 4.97. The maximum absolute atomic E-state index is 11.0. The van der Waals surface area contributed by atoms with E-state index >= 15 is 0 Å². The van der Waals surface area contributed by atoms with Crippen molar-refractivity contribution in [3.05, 3.63) is 29.3 Å². The molecule has 4 rings (SSSR count). The van der Waals surface area contributed by atoms with Crippen molar-refractivity contribution in [3.8, 4) is 0 Å². The Balaban J connectivity index is 1.54. The van der Waals surface area contributed by atoms with E-state index in [-0.39, 0.29) is 0 Å². The van der Waals surface area contributed by atoms with Gasteiger partial charge in [-0.25, -0.2) is 4.98 Å². The minimum Gasteiger partial charge on any atom is -0.389 e. The lowest BCUT2D eigenvalue weighted by molar-refractivity contribution is -0.0195. The Kier molecular flexibility index (Phi) is 3.08. The van der Waals surface area contributed by atoms with Crippen molar-refractivity contribution in [2.75, 3.05) is 0 Å². The van der Waals surface area contributed by atoms with Crippen molar-refractivity contribution in [2.24, 2.45) is 11.8 Å². The number of hydrogen-bond acceptors (Lipinski definition) is 3. The van der Waals surface area contributed by atoms with Crippen LogP contribution in [0.15, 0.2) is 24.3 Å². The zero-order valence-electron chi connectivity index (χ0n) is 11.7. The van der Waals surface area contributed by atoms with E-state index in [2.05, 4.69) is 18.2 Å². The van der Waals surface area contributed by atoms with Crippen LogP contribution in [0.25, 0.3) is 10.2 Å². The fourth-order valence-electron chi connectivity index (χ4n) is 3.79. The molecule has 0 spiro atoms. The van der Waals surface area contributed by atoms with Crippen molar-refractivity contribution < 1.29 is 5.11 Å². The van der Waals surface area contributed by atoms with Crippen molar-refractivity contribution in [3.63, 3.8) is 0 Å². The fourth-order valence-corrected chi connectivity index (χ4v) is 4.90. The Morgan fingerprint density at radius 2 is 2.05 bits per heavy atom. The van der Waals surface area contributed by atoms with Gasteiger partial charge >= 0.3 is 0 Å². The van der Waals surface area contributed by atoms with Gasteiger partial charge in [0.1, 0.15) is 0 Å². The van der Waals surface area contributed by atoms with Gasteiger partial charge in [0, 0.05) is 6.42 Å². The van der Waals surface area contributed by atoms with Gasteiger partial charge in [-0.05, 0) is 56.1 Å². The number of para-hydroxylation sites is 1. The first kappa shape index (κ1) is 12.8. The van der Waals surface area contributed by atoms with Crippen LogP contribution in [0, 0.1) is 11.8 Å². The van der Waals surface area contributed by atoms with Gasteiger partial charge in [-0.2, -0.15) is 0 Å². The molecule has 0 saturated heterocycles. The largest absolute Gasteiger partial charge is 0.389 e. The number of aliphatic hydroxyl groups is 1. The molecule has 1 aromatic carbocycles. The van der Waals surface area contributed by atoms with Crippen LogP contribution < -0.4 is 0 Å². The smallest absolute Gasteiger partial charge is 0.0967 e. The molecule has 20 heavy (non-hydrogen) atoms. The normalized spacial score (nSPS) is 30.8. The number of fused-ring (bicyclic) bond motifs is 1. The van der Waals surface area contributed by atoms with E-state index in [1.54, 1.807) is 11.3 Å². The quantitative estimate of drug-likeness (QED) is 0.919. The maximum Gasteiger partial charge on any atom is 0.0967 e. The third-order valence-corrected chi connectivity index (χ3v) is 6.00. The van der Waals surface area contributed by atoms with E-state index in [0.29, 0.717) is 0 Å². The predicted octanol–water partition coefficient (Wildman–Crippen LogP) is 4.17. The highest BCUT2D eigenvalue weighted by atomic mass is 32.1. The second-order valence-corrected chi connectivity index (χ2v) is 7.79. The zero-order chi connectivity index (χ0) is 13.6. The third kappa shape index (κ3) is 2.49. The second kappa shape index (κ2) is 4.81. The highest BCUT2D eigenvalue weighted by Crippen LogP contribution is 2.47. The van der Waals surface area contributed by atoms with Crippen molar-refractivity contribution >= 4 is 21.6 Å². The molecule has 0 aliphatic heterocycles. The molecule has 1 heterocycles. The van der Waals surface area contributed by atoms with Gasteiger partial charge in [0.15, 0.2) is 0 Å². The number of thiazole rings is 1. The molecule has 2 unspecified atom stereocenters. The number of aromatic nitrogens is 1. The molecule has 1 aromatic heterocycles. The maximum atomic E-state index is 11.0. The molecule has 2 aliphatic carbocycles. The molecule has 0 radical (unpaired) electrons. The molecule has 2 fully saturated rings.